The average molecular weight is 306 g/mol. The van der Waals surface area contributed by atoms with Gasteiger partial charge in [-0.25, -0.2) is 0 Å². The molecule has 1 aromatic carbocycles. The van der Waals surface area contributed by atoms with Crippen LogP contribution in [-0.4, -0.2) is 37.5 Å². The molecule has 6 nitrogen and oxygen atoms in total. The molecule has 0 aliphatic carbocycles. The van der Waals surface area contributed by atoms with Gasteiger partial charge in [-0.15, -0.1) is 0 Å². The Labute approximate surface area is 129 Å². The van der Waals surface area contributed by atoms with Gasteiger partial charge in [-0.3, -0.25) is 4.79 Å². The van der Waals surface area contributed by atoms with Crippen molar-refractivity contribution in [2.24, 2.45) is 0 Å². The Morgan fingerprint density at radius 2 is 1.86 bits per heavy atom. The van der Waals surface area contributed by atoms with Crippen LogP contribution in [0.3, 0.4) is 0 Å². The molecule has 1 aliphatic rings. The number of benzene rings is 1. The van der Waals surface area contributed by atoms with Gasteiger partial charge in [0.05, 0.1) is 20.3 Å². The topological polar surface area (TPSA) is 78.9 Å². The normalized spacial score (nSPS) is 16.9. The Kier molecular flexibility index (Phi) is 4.90. The smallest absolute Gasteiger partial charge is 0.223 e. The molecule has 6 heteroatoms. The molecule has 0 spiro atoms. The number of methoxy groups -OCH3 is 2. The molecular formula is C16H20NO5-. The molecule has 0 unspecified atom stereocenters. The van der Waals surface area contributed by atoms with Gasteiger partial charge < -0.3 is 24.3 Å². The Bertz CT molecular complexity index is 584. The van der Waals surface area contributed by atoms with E-state index < -0.39 is 5.97 Å². The van der Waals surface area contributed by atoms with E-state index >= 15 is 0 Å². The molecule has 0 saturated heterocycles. The second kappa shape index (κ2) is 6.68. The van der Waals surface area contributed by atoms with Crippen LogP contribution in [0.15, 0.2) is 12.1 Å². The van der Waals surface area contributed by atoms with E-state index in [0.717, 1.165) is 11.1 Å². The highest BCUT2D eigenvalue weighted by Gasteiger charge is 2.28. The maximum Gasteiger partial charge on any atom is 0.223 e. The van der Waals surface area contributed by atoms with E-state index in [1.807, 2.05) is 19.1 Å². The molecule has 0 saturated carbocycles. The molecule has 22 heavy (non-hydrogen) atoms. The van der Waals surface area contributed by atoms with E-state index in [2.05, 4.69) is 0 Å². The number of carboxylic acid groups (broad SMARTS) is 1. The fourth-order valence-electron chi connectivity index (χ4n) is 2.84. The number of carboxylic acids is 1. The van der Waals surface area contributed by atoms with Gasteiger partial charge in [0.25, 0.3) is 0 Å². The van der Waals surface area contributed by atoms with Crippen molar-refractivity contribution in [2.45, 2.75) is 32.2 Å². The number of fused-ring (bicyclic) bond motifs is 1. The molecule has 1 amide bonds. The second-order valence-electron chi connectivity index (χ2n) is 5.29. The molecular weight excluding hydrogens is 286 g/mol. The van der Waals surface area contributed by atoms with Crippen LogP contribution in [0.2, 0.25) is 0 Å². The van der Waals surface area contributed by atoms with Crippen LogP contribution >= 0.6 is 0 Å². The van der Waals surface area contributed by atoms with E-state index in [0.29, 0.717) is 24.5 Å². The van der Waals surface area contributed by atoms with Crippen molar-refractivity contribution in [3.8, 4) is 11.5 Å². The highest BCUT2D eigenvalue weighted by Crippen LogP contribution is 2.38. The van der Waals surface area contributed by atoms with Gasteiger partial charge in [-0.05, 0) is 43.0 Å². The lowest BCUT2D eigenvalue weighted by Crippen LogP contribution is -2.39. The number of amides is 1. The van der Waals surface area contributed by atoms with Crippen LogP contribution in [0.5, 0.6) is 11.5 Å². The number of nitrogens with zero attached hydrogens (tertiary/aromatic N) is 1. The molecule has 2 rings (SSSR count). The maximum atomic E-state index is 12.2. The lowest BCUT2D eigenvalue weighted by atomic mass is 9.92. The number of hydrogen-bond donors (Lipinski definition) is 0. The van der Waals surface area contributed by atoms with Crippen LogP contribution in [0, 0.1) is 0 Å². The summed E-state index contributed by atoms with van der Waals surface area (Å²) in [5.74, 6) is -0.0794. The maximum absolute atomic E-state index is 12.2. The minimum Gasteiger partial charge on any atom is -0.550 e. The molecule has 1 aromatic rings. The number of aliphatic carboxylic acids is 1. The van der Waals surface area contributed by atoms with Gasteiger partial charge in [0.15, 0.2) is 11.5 Å². The van der Waals surface area contributed by atoms with Gasteiger partial charge >= 0.3 is 0 Å². The van der Waals surface area contributed by atoms with Crippen LogP contribution in [0.25, 0.3) is 0 Å². The molecule has 1 aliphatic heterocycles. The van der Waals surface area contributed by atoms with Gasteiger partial charge in [-0.1, -0.05) is 0 Å². The number of hydrogen-bond acceptors (Lipinski definition) is 5. The Hall–Kier alpha value is -2.24. The van der Waals surface area contributed by atoms with Crippen molar-refractivity contribution in [1.29, 1.82) is 0 Å². The zero-order valence-electron chi connectivity index (χ0n) is 13.0. The van der Waals surface area contributed by atoms with Crippen LogP contribution in [0.4, 0.5) is 0 Å². The molecule has 0 N–H and O–H groups in total. The highest BCUT2D eigenvalue weighted by molar-refractivity contribution is 5.81. The molecule has 0 aromatic heterocycles. The van der Waals surface area contributed by atoms with Gasteiger partial charge in [-0.2, -0.15) is 0 Å². The van der Waals surface area contributed by atoms with E-state index in [-0.39, 0.29) is 24.8 Å². The number of carbonyl (C=O) groups excluding carboxylic acids is 2. The fraction of sp³-hybridized carbons (Fsp3) is 0.500. The zero-order chi connectivity index (χ0) is 16.3. The lowest BCUT2D eigenvalue weighted by Gasteiger charge is -2.36. The summed E-state index contributed by atoms with van der Waals surface area (Å²) in [6.45, 7) is 2.50. The third-order valence-corrected chi connectivity index (χ3v) is 4.05. The van der Waals surface area contributed by atoms with E-state index in [1.165, 1.54) is 0 Å². The first-order valence-corrected chi connectivity index (χ1v) is 7.22. The summed E-state index contributed by atoms with van der Waals surface area (Å²) in [5.41, 5.74) is 2.12. The third kappa shape index (κ3) is 3.16. The van der Waals surface area contributed by atoms with Crippen molar-refractivity contribution in [3.05, 3.63) is 23.3 Å². The van der Waals surface area contributed by atoms with E-state index in [1.54, 1.807) is 19.1 Å². The number of rotatable bonds is 5. The average Bonchev–Trinajstić information content (AvgIpc) is 2.51. The van der Waals surface area contributed by atoms with Crippen LogP contribution in [0.1, 0.15) is 36.9 Å². The van der Waals surface area contributed by atoms with Gasteiger partial charge in [0, 0.05) is 18.9 Å². The Balaban J connectivity index is 2.23. The number of carbonyl (C=O) groups is 2. The first kappa shape index (κ1) is 16.1. The quantitative estimate of drug-likeness (QED) is 0.799. The first-order valence-electron chi connectivity index (χ1n) is 7.22. The Morgan fingerprint density at radius 1 is 1.23 bits per heavy atom. The summed E-state index contributed by atoms with van der Waals surface area (Å²) < 4.78 is 10.6. The monoisotopic (exact) mass is 306 g/mol. The minimum absolute atomic E-state index is 0.0324. The lowest BCUT2D eigenvalue weighted by molar-refractivity contribution is -0.305. The highest BCUT2D eigenvalue weighted by atomic mass is 16.5. The van der Waals surface area contributed by atoms with Gasteiger partial charge in [0.1, 0.15) is 0 Å². The van der Waals surface area contributed by atoms with Crippen LogP contribution < -0.4 is 14.6 Å². The summed E-state index contributed by atoms with van der Waals surface area (Å²) in [6, 6.07) is 3.70. The summed E-state index contributed by atoms with van der Waals surface area (Å²) in [4.78, 5) is 24.4. The molecule has 0 radical (unpaired) electrons. The zero-order valence-corrected chi connectivity index (χ0v) is 13.0. The summed E-state index contributed by atoms with van der Waals surface area (Å²) in [7, 11) is 3.16. The largest absolute Gasteiger partial charge is 0.550 e. The third-order valence-electron chi connectivity index (χ3n) is 4.05. The fourth-order valence-corrected chi connectivity index (χ4v) is 2.84. The molecule has 1 atom stereocenters. The van der Waals surface area contributed by atoms with Crippen molar-refractivity contribution >= 4 is 11.9 Å². The van der Waals surface area contributed by atoms with Crippen molar-refractivity contribution in [3.63, 3.8) is 0 Å². The van der Waals surface area contributed by atoms with Crippen molar-refractivity contribution in [2.75, 3.05) is 20.8 Å². The van der Waals surface area contributed by atoms with Crippen molar-refractivity contribution in [1.82, 2.24) is 4.90 Å². The van der Waals surface area contributed by atoms with E-state index in [4.69, 9.17) is 9.47 Å². The summed E-state index contributed by atoms with van der Waals surface area (Å²) in [5, 5.41) is 10.5. The molecule has 0 fully saturated rings. The van der Waals surface area contributed by atoms with Crippen LogP contribution in [-0.2, 0) is 16.0 Å². The minimum atomic E-state index is -1.20. The summed E-state index contributed by atoms with van der Waals surface area (Å²) in [6.07, 6.45) is 0.424. The van der Waals surface area contributed by atoms with Gasteiger partial charge in [0.2, 0.25) is 5.91 Å². The Morgan fingerprint density at radius 3 is 2.45 bits per heavy atom. The molecule has 1 heterocycles. The predicted molar refractivity (Wildman–Crippen MR) is 77.6 cm³/mol. The summed E-state index contributed by atoms with van der Waals surface area (Å²) >= 11 is 0. The number of ether oxygens (including phenoxy) is 2. The SMILES string of the molecule is COc1cc2c(cc1OC)[C@H](C)N(C(=O)CCC(=O)[O-])CC2. The second-order valence-corrected chi connectivity index (χ2v) is 5.29. The van der Waals surface area contributed by atoms with Crippen molar-refractivity contribution < 1.29 is 24.2 Å². The standard InChI is InChI=1S/C16H21NO5/c1-10-12-9-14(22-3)13(21-2)8-11(12)6-7-17(10)15(18)4-5-16(19)20/h8-10H,4-7H2,1-3H3,(H,19,20)/p-1/t10-/m0/s1. The molecule has 120 valence electrons. The predicted octanol–water partition coefficient (Wildman–Crippen LogP) is 0.680. The molecule has 0 bridgehead atoms. The van der Waals surface area contributed by atoms with E-state index in [9.17, 15) is 14.7 Å². The first-order chi connectivity index (χ1) is 10.5.